The van der Waals surface area contributed by atoms with Gasteiger partial charge in [-0.3, -0.25) is 4.98 Å². The minimum atomic E-state index is 0.363. The average Bonchev–Trinajstić information content (AvgIpc) is 2.68. The van der Waals surface area contributed by atoms with Gasteiger partial charge in [0, 0.05) is 11.9 Å². The highest BCUT2D eigenvalue weighted by atomic mass is 16.6. The van der Waals surface area contributed by atoms with E-state index in [9.17, 15) is 0 Å². The molecule has 0 radical (unpaired) electrons. The molecule has 0 saturated carbocycles. The van der Waals surface area contributed by atoms with Gasteiger partial charge in [-0.05, 0) is 24.6 Å². The molecule has 0 spiro atoms. The molecule has 0 aliphatic carbocycles. The van der Waals surface area contributed by atoms with E-state index in [0.717, 1.165) is 12.3 Å². The molecular formula is C8H9NO. The van der Waals surface area contributed by atoms with Crippen LogP contribution in [0.25, 0.3) is 0 Å². The first kappa shape index (κ1) is 5.86. The average molecular weight is 135 g/mol. The number of ether oxygens (including phenoxy) is 1. The Morgan fingerprint density at radius 1 is 1.70 bits per heavy atom. The van der Waals surface area contributed by atoms with Crippen LogP contribution in [0.15, 0.2) is 18.3 Å². The fraction of sp³-hybridized carbons (Fsp3) is 0.375. The lowest BCUT2D eigenvalue weighted by atomic mass is 10.2. The quantitative estimate of drug-likeness (QED) is 0.545. The van der Waals surface area contributed by atoms with Crippen LogP contribution in [0.2, 0.25) is 0 Å². The van der Waals surface area contributed by atoms with Crippen LogP contribution < -0.4 is 0 Å². The number of aromatic nitrogens is 1. The second-order valence-electron chi connectivity index (χ2n) is 2.55. The first-order valence-corrected chi connectivity index (χ1v) is 3.40. The van der Waals surface area contributed by atoms with Crippen molar-refractivity contribution in [1.82, 2.24) is 4.98 Å². The molecule has 1 aromatic rings. The van der Waals surface area contributed by atoms with E-state index in [-0.39, 0.29) is 0 Å². The Hall–Kier alpha value is -0.890. The van der Waals surface area contributed by atoms with Crippen LogP contribution in [0.1, 0.15) is 17.4 Å². The molecule has 2 nitrogen and oxygen atoms in total. The summed E-state index contributed by atoms with van der Waals surface area (Å²) in [6, 6.07) is 4.07. The Morgan fingerprint density at radius 3 is 3.10 bits per heavy atom. The zero-order valence-corrected chi connectivity index (χ0v) is 5.87. The number of aryl methyl sites for hydroxylation is 1. The highest BCUT2D eigenvalue weighted by Crippen LogP contribution is 2.29. The van der Waals surface area contributed by atoms with E-state index >= 15 is 0 Å². The molecule has 1 aliphatic heterocycles. The Kier molecular flexibility index (Phi) is 1.21. The van der Waals surface area contributed by atoms with E-state index in [1.165, 1.54) is 5.56 Å². The minimum absolute atomic E-state index is 0.363. The van der Waals surface area contributed by atoms with Crippen LogP contribution in [-0.2, 0) is 4.74 Å². The Morgan fingerprint density at radius 2 is 2.50 bits per heavy atom. The molecule has 1 fully saturated rings. The molecule has 0 bridgehead atoms. The van der Waals surface area contributed by atoms with E-state index in [2.05, 4.69) is 11.1 Å². The van der Waals surface area contributed by atoms with Crippen LogP contribution >= 0.6 is 0 Å². The van der Waals surface area contributed by atoms with Gasteiger partial charge in [-0.15, -0.1) is 0 Å². The summed E-state index contributed by atoms with van der Waals surface area (Å²) in [7, 11) is 0. The molecule has 1 aliphatic rings. The molecule has 0 aromatic carbocycles. The van der Waals surface area contributed by atoms with E-state index in [1.54, 1.807) is 0 Å². The van der Waals surface area contributed by atoms with Crippen molar-refractivity contribution in [1.29, 1.82) is 0 Å². The molecule has 1 unspecified atom stereocenters. The van der Waals surface area contributed by atoms with Gasteiger partial charge in [-0.1, -0.05) is 0 Å². The summed E-state index contributed by atoms with van der Waals surface area (Å²) in [5, 5.41) is 0. The normalized spacial score (nSPS) is 22.7. The van der Waals surface area contributed by atoms with Crippen molar-refractivity contribution >= 4 is 0 Å². The molecule has 1 aromatic heterocycles. The molecule has 2 heterocycles. The maximum atomic E-state index is 5.12. The van der Waals surface area contributed by atoms with Gasteiger partial charge in [-0.2, -0.15) is 0 Å². The van der Waals surface area contributed by atoms with Gasteiger partial charge in [0.2, 0.25) is 0 Å². The third-order valence-corrected chi connectivity index (χ3v) is 1.63. The summed E-state index contributed by atoms with van der Waals surface area (Å²) < 4.78 is 5.12. The van der Waals surface area contributed by atoms with Crippen molar-refractivity contribution in [2.45, 2.75) is 13.0 Å². The summed E-state index contributed by atoms with van der Waals surface area (Å²) in [6.07, 6.45) is 2.19. The van der Waals surface area contributed by atoms with Crippen LogP contribution in [0.3, 0.4) is 0 Å². The van der Waals surface area contributed by atoms with Crippen molar-refractivity contribution in [3.05, 3.63) is 29.6 Å². The molecule has 0 N–H and O–H groups in total. The largest absolute Gasteiger partial charge is 0.368 e. The topological polar surface area (TPSA) is 25.4 Å². The van der Waals surface area contributed by atoms with Gasteiger partial charge in [0.15, 0.2) is 0 Å². The second kappa shape index (κ2) is 2.06. The summed E-state index contributed by atoms with van der Waals surface area (Å²) in [5.74, 6) is 0. The van der Waals surface area contributed by atoms with Crippen LogP contribution in [0, 0.1) is 6.92 Å². The van der Waals surface area contributed by atoms with E-state index in [4.69, 9.17) is 4.74 Å². The van der Waals surface area contributed by atoms with Gasteiger partial charge in [0.1, 0.15) is 6.10 Å². The maximum absolute atomic E-state index is 5.12. The smallest absolute Gasteiger partial charge is 0.106 e. The van der Waals surface area contributed by atoms with Crippen molar-refractivity contribution in [3.8, 4) is 0 Å². The first-order chi connectivity index (χ1) is 4.86. The van der Waals surface area contributed by atoms with Crippen molar-refractivity contribution in [2.75, 3.05) is 6.61 Å². The number of hydrogen-bond acceptors (Lipinski definition) is 2. The monoisotopic (exact) mass is 135 g/mol. The van der Waals surface area contributed by atoms with Crippen LogP contribution in [0.5, 0.6) is 0 Å². The summed E-state index contributed by atoms with van der Waals surface area (Å²) in [5.41, 5.74) is 2.32. The van der Waals surface area contributed by atoms with E-state index in [1.807, 2.05) is 19.2 Å². The predicted octanol–water partition coefficient (Wildman–Crippen LogP) is 1.46. The van der Waals surface area contributed by atoms with Gasteiger partial charge in [0.05, 0.1) is 6.61 Å². The van der Waals surface area contributed by atoms with Crippen molar-refractivity contribution in [3.63, 3.8) is 0 Å². The maximum Gasteiger partial charge on any atom is 0.106 e. The van der Waals surface area contributed by atoms with Gasteiger partial charge < -0.3 is 4.74 Å². The predicted molar refractivity (Wildman–Crippen MR) is 37.7 cm³/mol. The van der Waals surface area contributed by atoms with Crippen LogP contribution in [-0.4, -0.2) is 11.6 Å². The van der Waals surface area contributed by atoms with Crippen molar-refractivity contribution < 1.29 is 4.74 Å². The number of hydrogen-bond donors (Lipinski definition) is 0. The van der Waals surface area contributed by atoms with Gasteiger partial charge in [0.25, 0.3) is 0 Å². The third kappa shape index (κ3) is 1.02. The molecule has 2 rings (SSSR count). The minimum Gasteiger partial charge on any atom is -0.368 e. The molecular weight excluding hydrogens is 126 g/mol. The summed E-state index contributed by atoms with van der Waals surface area (Å²) in [6.45, 7) is 2.87. The van der Waals surface area contributed by atoms with E-state index < -0.39 is 0 Å². The lowest BCUT2D eigenvalue weighted by Gasteiger charge is -1.94. The number of nitrogens with zero attached hydrogens (tertiary/aromatic N) is 1. The molecule has 0 amide bonds. The van der Waals surface area contributed by atoms with Crippen molar-refractivity contribution in [2.24, 2.45) is 0 Å². The Balaban J connectivity index is 2.32. The summed E-state index contributed by atoms with van der Waals surface area (Å²) in [4.78, 5) is 4.09. The third-order valence-electron chi connectivity index (χ3n) is 1.63. The van der Waals surface area contributed by atoms with Gasteiger partial charge in [-0.25, -0.2) is 0 Å². The zero-order chi connectivity index (χ0) is 6.97. The molecule has 1 saturated heterocycles. The first-order valence-electron chi connectivity index (χ1n) is 3.40. The molecule has 52 valence electrons. The fourth-order valence-corrected chi connectivity index (χ4v) is 1.01. The standard InChI is InChI=1S/C8H9NO/c1-6-4-7(2-3-9-6)8-5-10-8/h2-4,8H,5H2,1H3. The molecule has 1 atom stereocenters. The second-order valence-corrected chi connectivity index (χ2v) is 2.55. The highest BCUT2D eigenvalue weighted by Gasteiger charge is 2.24. The lowest BCUT2D eigenvalue weighted by molar-refractivity contribution is 0.415. The molecule has 10 heavy (non-hydrogen) atoms. The molecule has 2 heteroatoms. The number of rotatable bonds is 1. The fourth-order valence-electron chi connectivity index (χ4n) is 1.01. The number of pyridine rings is 1. The van der Waals surface area contributed by atoms with Crippen LogP contribution in [0.4, 0.5) is 0 Å². The zero-order valence-electron chi connectivity index (χ0n) is 5.87. The Labute approximate surface area is 59.9 Å². The van der Waals surface area contributed by atoms with Gasteiger partial charge >= 0.3 is 0 Å². The summed E-state index contributed by atoms with van der Waals surface area (Å²) >= 11 is 0. The van der Waals surface area contributed by atoms with E-state index in [0.29, 0.717) is 6.10 Å². The Bertz CT molecular complexity index is 243. The lowest BCUT2D eigenvalue weighted by Crippen LogP contribution is -1.84. The number of epoxide rings is 1. The SMILES string of the molecule is Cc1cc(C2CO2)ccn1. The highest BCUT2D eigenvalue weighted by molar-refractivity contribution is 5.20.